The maximum Gasteiger partial charge on any atom is 0.223 e. The summed E-state index contributed by atoms with van der Waals surface area (Å²) in [7, 11) is 0. The van der Waals surface area contributed by atoms with Crippen molar-refractivity contribution < 1.29 is 9.13 Å². The summed E-state index contributed by atoms with van der Waals surface area (Å²) >= 11 is 0. The van der Waals surface area contributed by atoms with E-state index in [0.29, 0.717) is 12.6 Å². The fourth-order valence-corrected chi connectivity index (χ4v) is 3.69. The summed E-state index contributed by atoms with van der Waals surface area (Å²) in [5, 5.41) is 3.25. The van der Waals surface area contributed by atoms with Crippen LogP contribution >= 0.6 is 0 Å². The largest absolute Gasteiger partial charge is 0.371 e. The zero-order valence-electron chi connectivity index (χ0n) is 13.5. The van der Waals surface area contributed by atoms with Crippen LogP contribution in [0.25, 0.3) is 0 Å². The molecule has 4 rings (SSSR count). The van der Waals surface area contributed by atoms with Crippen molar-refractivity contribution in [2.45, 2.75) is 31.0 Å². The number of anilines is 1. The normalized spacial score (nSPS) is 27.0. The van der Waals surface area contributed by atoms with Gasteiger partial charge in [0.25, 0.3) is 0 Å². The fraction of sp³-hybridized carbons (Fsp3) is 0.444. The van der Waals surface area contributed by atoms with E-state index < -0.39 is 5.82 Å². The average molecular weight is 328 g/mol. The second kappa shape index (κ2) is 6.45. The molecule has 24 heavy (non-hydrogen) atoms. The first-order chi connectivity index (χ1) is 11.7. The number of nitrogens with zero attached hydrogens (tertiary/aromatic N) is 3. The maximum atomic E-state index is 12.9. The molecule has 2 aliphatic heterocycles. The van der Waals surface area contributed by atoms with Gasteiger partial charge in [0.05, 0.1) is 30.6 Å². The lowest BCUT2D eigenvalue weighted by Gasteiger charge is -2.23. The highest BCUT2D eigenvalue weighted by atomic mass is 19.1. The van der Waals surface area contributed by atoms with Gasteiger partial charge < -0.3 is 10.1 Å². The van der Waals surface area contributed by atoms with Crippen molar-refractivity contribution in [1.82, 2.24) is 14.9 Å². The molecule has 1 spiro atoms. The third-order valence-corrected chi connectivity index (χ3v) is 4.81. The first kappa shape index (κ1) is 15.5. The molecule has 0 saturated carbocycles. The second-order valence-corrected chi connectivity index (χ2v) is 6.71. The topological polar surface area (TPSA) is 50.3 Å². The number of ether oxygens (including phenoxy) is 1. The molecule has 2 aliphatic rings. The van der Waals surface area contributed by atoms with Crippen molar-refractivity contribution in [1.29, 1.82) is 0 Å². The molecule has 2 atom stereocenters. The molecule has 126 valence electrons. The Hall–Kier alpha value is -2.05. The number of nitrogens with one attached hydrogen (secondary N) is 1. The van der Waals surface area contributed by atoms with Crippen LogP contribution in [0.15, 0.2) is 42.7 Å². The Morgan fingerprint density at radius 2 is 2.04 bits per heavy atom. The Morgan fingerprint density at radius 1 is 1.25 bits per heavy atom. The predicted octanol–water partition coefficient (Wildman–Crippen LogP) is 2.46. The highest BCUT2D eigenvalue weighted by Crippen LogP contribution is 2.36. The number of rotatable bonds is 4. The van der Waals surface area contributed by atoms with E-state index in [4.69, 9.17) is 4.74 Å². The highest BCUT2D eigenvalue weighted by Gasteiger charge is 2.45. The Balaban J connectivity index is 1.33. The van der Waals surface area contributed by atoms with Gasteiger partial charge in [-0.1, -0.05) is 30.3 Å². The fourth-order valence-electron chi connectivity index (χ4n) is 3.69. The average Bonchev–Trinajstić information content (AvgIpc) is 3.17. The number of hydrogen-bond acceptors (Lipinski definition) is 5. The minimum absolute atomic E-state index is 0.0769. The van der Waals surface area contributed by atoms with Gasteiger partial charge in [-0.25, -0.2) is 14.4 Å². The van der Waals surface area contributed by atoms with Gasteiger partial charge >= 0.3 is 0 Å². The molecule has 0 aliphatic carbocycles. The lowest BCUT2D eigenvalue weighted by Crippen LogP contribution is -2.33. The quantitative estimate of drug-likeness (QED) is 0.934. The summed E-state index contributed by atoms with van der Waals surface area (Å²) in [6, 6.07) is 10.7. The van der Waals surface area contributed by atoms with Crippen LogP contribution in [0.5, 0.6) is 0 Å². The number of benzene rings is 1. The molecule has 1 N–H and O–H groups in total. The van der Waals surface area contributed by atoms with Gasteiger partial charge in [0.2, 0.25) is 5.95 Å². The number of halogens is 1. The van der Waals surface area contributed by atoms with Crippen LogP contribution < -0.4 is 5.32 Å². The van der Waals surface area contributed by atoms with E-state index in [1.54, 1.807) is 0 Å². The molecule has 3 heterocycles. The number of hydrogen-bond donors (Lipinski definition) is 1. The minimum Gasteiger partial charge on any atom is -0.371 e. The monoisotopic (exact) mass is 328 g/mol. The van der Waals surface area contributed by atoms with Crippen LogP contribution in [-0.4, -0.2) is 46.2 Å². The maximum absolute atomic E-state index is 12.9. The third-order valence-electron chi connectivity index (χ3n) is 4.81. The second-order valence-electron chi connectivity index (χ2n) is 6.71. The van der Waals surface area contributed by atoms with E-state index >= 15 is 0 Å². The Labute approximate surface area is 140 Å². The van der Waals surface area contributed by atoms with Crippen molar-refractivity contribution in [3.8, 4) is 0 Å². The van der Waals surface area contributed by atoms with Crippen LogP contribution in [0.2, 0.25) is 0 Å². The smallest absolute Gasteiger partial charge is 0.223 e. The first-order valence-corrected chi connectivity index (χ1v) is 8.35. The molecule has 2 aromatic rings. The van der Waals surface area contributed by atoms with Gasteiger partial charge in [0.15, 0.2) is 5.82 Å². The third kappa shape index (κ3) is 3.39. The van der Waals surface area contributed by atoms with Crippen LogP contribution in [0.4, 0.5) is 10.3 Å². The molecular formula is C18H21FN4O. The Kier molecular flexibility index (Phi) is 4.16. The molecule has 1 aromatic carbocycles. The van der Waals surface area contributed by atoms with E-state index in [9.17, 15) is 4.39 Å². The summed E-state index contributed by atoms with van der Waals surface area (Å²) in [6.45, 7) is 3.60. The zero-order chi connectivity index (χ0) is 16.4. The van der Waals surface area contributed by atoms with E-state index in [2.05, 4.69) is 44.5 Å². The lowest BCUT2D eigenvalue weighted by molar-refractivity contribution is 0.0120. The lowest BCUT2D eigenvalue weighted by atomic mass is 9.97. The van der Waals surface area contributed by atoms with Crippen molar-refractivity contribution in [3.05, 3.63) is 54.1 Å². The van der Waals surface area contributed by atoms with Crippen molar-refractivity contribution in [2.24, 2.45) is 0 Å². The molecule has 5 nitrogen and oxygen atoms in total. The van der Waals surface area contributed by atoms with Crippen molar-refractivity contribution >= 4 is 5.95 Å². The van der Waals surface area contributed by atoms with Gasteiger partial charge in [-0.2, -0.15) is 0 Å². The molecule has 0 unspecified atom stereocenters. The summed E-state index contributed by atoms with van der Waals surface area (Å²) < 4.78 is 19.0. The summed E-state index contributed by atoms with van der Waals surface area (Å²) in [5.74, 6) is 0.0354. The summed E-state index contributed by atoms with van der Waals surface area (Å²) in [4.78, 5) is 10.4. The van der Waals surface area contributed by atoms with Gasteiger partial charge in [-0.15, -0.1) is 0 Å². The Bertz CT molecular complexity index is 681. The standard InChI is InChI=1S/C18H21FN4O/c19-15-9-20-17(21-10-15)22-16-8-18(24-12-16)6-7-23(13-18)11-14-4-2-1-3-5-14/h1-5,9-10,16H,6-8,11-13H2,(H,20,21,22)/t16-,18+/m0/s1. The highest BCUT2D eigenvalue weighted by molar-refractivity contribution is 5.26. The molecule has 0 radical (unpaired) electrons. The SMILES string of the molecule is Fc1cnc(N[C@@H]2CO[C@]3(CCN(Cc4ccccc4)C3)C2)nc1. The van der Waals surface area contributed by atoms with Gasteiger partial charge in [0, 0.05) is 26.1 Å². The van der Waals surface area contributed by atoms with Crippen molar-refractivity contribution in [3.63, 3.8) is 0 Å². The van der Waals surface area contributed by atoms with Crippen LogP contribution in [0, 0.1) is 5.82 Å². The zero-order valence-corrected chi connectivity index (χ0v) is 13.5. The molecule has 6 heteroatoms. The van der Waals surface area contributed by atoms with E-state index in [1.165, 1.54) is 18.0 Å². The molecule has 2 fully saturated rings. The molecule has 2 saturated heterocycles. The van der Waals surface area contributed by atoms with Gasteiger partial charge in [-0.05, 0) is 12.0 Å². The molecule has 1 aromatic heterocycles. The number of likely N-dealkylation sites (tertiary alicyclic amines) is 1. The Morgan fingerprint density at radius 3 is 2.83 bits per heavy atom. The van der Waals surface area contributed by atoms with Crippen molar-refractivity contribution in [2.75, 3.05) is 25.0 Å². The predicted molar refractivity (Wildman–Crippen MR) is 89.0 cm³/mol. The molecular weight excluding hydrogens is 307 g/mol. The van der Waals surface area contributed by atoms with Gasteiger partial charge in [0.1, 0.15) is 0 Å². The number of aromatic nitrogens is 2. The van der Waals surface area contributed by atoms with E-state index in [-0.39, 0.29) is 11.6 Å². The first-order valence-electron chi connectivity index (χ1n) is 8.35. The van der Waals surface area contributed by atoms with Crippen LogP contribution in [-0.2, 0) is 11.3 Å². The summed E-state index contributed by atoms with van der Waals surface area (Å²) in [5.41, 5.74) is 1.26. The van der Waals surface area contributed by atoms with E-state index in [0.717, 1.165) is 32.5 Å². The molecule has 0 bridgehead atoms. The summed E-state index contributed by atoms with van der Waals surface area (Å²) in [6.07, 6.45) is 4.33. The van der Waals surface area contributed by atoms with E-state index in [1.807, 2.05) is 6.07 Å². The minimum atomic E-state index is -0.424. The van der Waals surface area contributed by atoms with Gasteiger partial charge in [-0.3, -0.25) is 4.90 Å². The molecule has 0 amide bonds. The van der Waals surface area contributed by atoms with Crippen LogP contribution in [0.1, 0.15) is 18.4 Å². The van der Waals surface area contributed by atoms with Crippen LogP contribution in [0.3, 0.4) is 0 Å².